The number of hydrogen-bond acceptors (Lipinski definition) is 16. The Balaban J connectivity index is 0. The number of phenols is 8. The summed E-state index contributed by atoms with van der Waals surface area (Å²) in [5.74, 6) is -15.3. The zero-order chi connectivity index (χ0) is 37.2. The molecule has 0 atom stereocenters. The second-order valence-corrected chi connectivity index (χ2v) is 8.60. The van der Waals surface area contributed by atoms with Crippen molar-refractivity contribution in [2.75, 3.05) is 0 Å². The topological polar surface area (TPSA) is 403 Å². The molecule has 0 saturated heterocycles. The van der Waals surface area contributed by atoms with E-state index in [2.05, 4.69) is 0 Å². The van der Waals surface area contributed by atoms with Crippen molar-refractivity contribution in [3.05, 3.63) is 70.8 Å². The van der Waals surface area contributed by atoms with Gasteiger partial charge in [0.1, 0.15) is 46.0 Å². The van der Waals surface area contributed by atoms with Gasteiger partial charge in [0.2, 0.25) is 0 Å². The van der Waals surface area contributed by atoms with Crippen molar-refractivity contribution >= 4 is 107 Å². The van der Waals surface area contributed by atoms with Crippen LogP contribution in [-0.2, 0) is 0 Å². The van der Waals surface area contributed by atoms with E-state index in [0.717, 1.165) is 48.5 Å². The second kappa shape index (κ2) is 20.6. The Morgan fingerprint density at radius 2 is 0.440 bits per heavy atom. The molecule has 256 valence electrons. The summed E-state index contributed by atoms with van der Waals surface area (Å²) in [5.41, 5.74) is -1.32. The number of phenolic OH excluding ortho intramolecular Hbond substituents is 8. The molecular weight excluding hydrogens is 784 g/mol. The van der Waals surface area contributed by atoms with E-state index in [-0.39, 0.29) is 105 Å². The van der Waals surface area contributed by atoms with Gasteiger partial charge in [-0.25, -0.2) is 19.2 Å². The van der Waals surface area contributed by atoms with Gasteiger partial charge in [0.05, 0.1) is 22.3 Å². The van der Waals surface area contributed by atoms with E-state index >= 15 is 0 Å². The van der Waals surface area contributed by atoms with E-state index in [0.29, 0.717) is 0 Å². The van der Waals surface area contributed by atoms with Gasteiger partial charge in [-0.05, 0) is 71.5 Å². The predicted octanol–water partition coefficient (Wildman–Crippen LogP) is -1.28. The van der Waals surface area contributed by atoms with Gasteiger partial charge >= 0.3 is 107 Å². The molecule has 0 aromatic heterocycles. The molecule has 0 amide bonds. The Morgan fingerprint density at radius 1 is 0.340 bits per heavy atom. The Bertz CT molecular complexity index is 1510. The first-order valence-corrected chi connectivity index (χ1v) is 11.9. The zero-order valence-corrected chi connectivity index (χ0v) is 30.4. The van der Waals surface area contributed by atoms with Crippen LogP contribution in [0.15, 0.2) is 48.5 Å². The monoisotopic (exact) mass is 804 g/mol. The molecule has 4 aromatic carbocycles. The van der Waals surface area contributed by atoms with Gasteiger partial charge in [-0.2, -0.15) is 0 Å². The van der Waals surface area contributed by atoms with Crippen molar-refractivity contribution in [3.63, 3.8) is 0 Å². The Kier molecular flexibility index (Phi) is 19.4. The van der Waals surface area contributed by atoms with Crippen LogP contribution < -0.4 is 20.4 Å². The molecule has 4 aromatic rings. The van der Waals surface area contributed by atoms with E-state index in [9.17, 15) is 39.6 Å². The molecule has 0 spiro atoms. The van der Waals surface area contributed by atoms with Crippen molar-refractivity contribution in [2.24, 2.45) is 0 Å². The fourth-order valence-electron chi connectivity index (χ4n) is 2.89. The smallest absolute Gasteiger partial charge is 0.867 e. The summed E-state index contributed by atoms with van der Waals surface area (Å²) in [7, 11) is 0. The maximum atomic E-state index is 10.7. The number of benzene rings is 4. The van der Waals surface area contributed by atoms with Crippen molar-refractivity contribution in [1.82, 2.24) is 0 Å². The summed E-state index contributed by atoms with van der Waals surface area (Å²) >= 11 is 0. The van der Waals surface area contributed by atoms with Crippen LogP contribution in [0.3, 0.4) is 0 Å². The van der Waals surface area contributed by atoms with Crippen LogP contribution in [0.25, 0.3) is 0 Å². The maximum absolute atomic E-state index is 10.7. The molecule has 0 saturated carbocycles. The summed E-state index contributed by atoms with van der Waals surface area (Å²) in [4.78, 5) is 41.2. The molecule has 0 fully saturated rings. The zero-order valence-electron chi connectivity index (χ0n) is 24.7. The first kappa shape index (κ1) is 47.2. The van der Waals surface area contributed by atoms with E-state index < -0.39 is 92.9 Å². The van der Waals surface area contributed by atoms with Gasteiger partial charge < -0.3 is 81.7 Å². The number of rotatable bonds is 4. The van der Waals surface area contributed by atoms with Crippen LogP contribution in [-0.4, -0.2) is 168 Å². The molecule has 0 aliphatic heterocycles. The molecule has 0 heterocycles. The number of aromatic carboxylic acids is 4. The van der Waals surface area contributed by atoms with Crippen molar-refractivity contribution in [2.45, 2.75) is 0 Å². The number of carbonyl (C=O) groups is 4. The number of carboxylic acids is 4. The van der Waals surface area contributed by atoms with Gasteiger partial charge in [0.15, 0.2) is 0 Å². The normalized spacial score (nSPS) is 9.28. The maximum Gasteiger partial charge on any atom is 2.00 e. The Morgan fingerprint density at radius 3 is 0.520 bits per heavy atom. The van der Waals surface area contributed by atoms with Gasteiger partial charge in [-0.15, -0.1) is 0 Å². The molecule has 20 nitrogen and oxygen atoms in total. The number of carboxylic acid groups (broad SMARTS) is 4. The fraction of sp³-hybridized carbons (Fsp3) is 0. The quantitative estimate of drug-likeness (QED) is 0.107. The molecular formula is C28H20CaO20Sr. The summed E-state index contributed by atoms with van der Waals surface area (Å²) in [5, 5.41) is 147. The van der Waals surface area contributed by atoms with E-state index in [1.165, 1.54) is 0 Å². The van der Waals surface area contributed by atoms with Crippen LogP contribution in [0.2, 0.25) is 0 Å². The minimum atomic E-state index is -1.32. The average molecular weight is 804 g/mol. The minimum Gasteiger partial charge on any atom is -0.867 e. The largest absolute Gasteiger partial charge is 2.00 e. The van der Waals surface area contributed by atoms with Gasteiger partial charge in [-0.3, -0.25) is 0 Å². The van der Waals surface area contributed by atoms with Crippen molar-refractivity contribution < 1.29 is 101 Å². The summed E-state index contributed by atoms with van der Waals surface area (Å²) in [6.07, 6.45) is 0. The molecule has 0 aliphatic carbocycles. The van der Waals surface area contributed by atoms with Crippen LogP contribution in [0.5, 0.6) is 69.0 Å². The molecule has 22 heteroatoms. The van der Waals surface area contributed by atoms with E-state index in [1.54, 1.807) is 0 Å². The van der Waals surface area contributed by atoms with Crippen LogP contribution >= 0.6 is 0 Å². The molecule has 12 N–H and O–H groups in total. The molecule has 0 aliphatic rings. The van der Waals surface area contributed by atoms with Crippen LogP contribution in [0, 0.1) is 0 Å². The Hall–Kier alpha value is -4.90. The predicted molar refractivity (Wildman–Crippen MR) is 156 cm³/mol. The SMILES string of the molecule is O=C(O)c1cc(O)c([O-])c(O)c1.O=C(O)c1cc(O)c([O-])c(O)c1.O=C(O)c1cc(O)c([O-])c(O)c1.O=C(O)c1cc(O)c([O-])c(O)c1.[Ca+2].[Sr+2]. The second-order valence-electron chi connectivity index (χ2n) is 8.60. The third-order valence-electron chi connectivity index (χ3n) is 5.19. The first-order chi connectivity index (χ1) is 22.1. The first-order valence-electron chi connectivity index (χ1n) is 11.9. The molecule has 4 rings (SSSR count). The summed E-state index contributed by atoms with van der Waals surface area (Å²) < 4.78 is 0. The molecule has 0 bridgehead atoms. The summed E-state index contributed by atoms with van der Waals surface area (Å²) in [6, 6.07) is 6.26. The number of hydrogen-bond donors (Lipinski definition) is 12. The van der Waals surface area contributed by atoms with Crippen LogP contribution in [0.1, 0.15) is 41.4 Å². The minimum absolute atomic E-state index is 0. The third kappa shape index (κ3) is 13.5. The van der Waals surface area contributed by atoms with E-state index in [4.69, 9.17) is 61.3 Å². The van der Waals surface area contributed by atoms with Gasteiger partial charge in [0, 0.05) is 0 Å². The fourth-order valence-corrected chi connectivity index (χ4v) is 2.89. The molecule has 0 radical (unpaired) electrons. The molecule has 0 unspecified atom stereocenters. The number of aromatic hydroxyl groups is 8. The van der Waals surface area contributed by atoms with Crippen LogP contribution in [0.4, 0.5) is 0 Å². The van der Waals surface area contributed by atoms with E-state index in [1.807, 2.05) is 0 Å². The van der Waals surface area contributed by atoms with Crippen molar-refractivity contribution in [1.29, 1.82) is 0 Å². The summed E-state index contributed by atoms with van der Waals surface area (Å²) in [6.45, 7) is 0. The van der Waals surface area contributed by atoms with Gasteiger partial charge in [-0.1, -0.05) is 0 Å². The third-order valence-corrected chi connectivity index (χ3v) is 5.19. The van der Waals surface area contributed by atoms with Gasteiger partial charge in [0.25, 0.3) is 0 Å². The molecule has 50 heavy (non-hydrogen) atoms. The Labute approximate surface area is 344 Å². The van der Waals surface area contributed by atoms with Crippen molar-refractivity contribution in [3.8, 4) is 69.0 Å². The standard InChI is InChI=1S/4C7H6O5.Ca.Sr/c4*8-4-1-3(7(11)12)2-5(9)6(4)10;;/h4*1-2,8-10H,(H,11,12);;/q;;;;2*+2/p-4. The average Bonchev–Trinajstić information content (AvgIpc) is 2.99.